The Hall–Kier alpha value is -11.8. The van der Waals surface area contributed by atoms with Crippen molar-refractivity contribution in [3.05, 3.63) is 251 Å². The molecule has 0 fully saturated rings. The molecule has 0 radical (unpaired) electrons. The van der Waals surface area contributed by atoms with E-state index in [1.54, 1.807) is 0 Å². The summed E-state index contributed by atoms with van der Waals surface area (Å²) in [4.78, 5) is 117. The number of carbonyl (C=O) groups excluding carboxylic acids is 8. The smallest absolute Gasteiger partial charge is 0.261 e. The van der Waals surface area contributed by atoms with E-state index in [4.69, 9.17) is 0 Å². The summed E-state index contributed by atoms with van der Waals surface area (Å²) in [5.74, 6) is -1.79. The van der Waals surface area contributed by atoms with Crippen LogP contribution in [0, 0.1) is 0 Å². The van der Waals surface area contributed by atoms with Crippen molar-refractivity contribution in [1.82, 2.24) is 19.6 Å². The van der Waals surface area contributed by atoms with Crippen LogP contribution in [0.3, 0.4) is 0 Å². The van der Waals surface area contributed by atoms with Crippen molar-refractivity contribution in [3.8, 4) is 44.5 Å². The molecule has 0 spiro atoms. The van der Waals surface area contributed by atoms with Gasteiger partial charge >= 0.3 is 0 Å². The van der Waals surface area contributed by atoms with Crippen molar-refractivity contribution in [2.45, 2.75) is 156 Å². The Morgan fingerprint density at radius 1 is 0.170 bits per heavy atom. The van der Waals surface area contributed by atoms with Crippen molar-refractivity contribution < 1.29 is 38.4 Å². The predicted octanol–water partition coefficient (Wildman–Crippen LogP) is 24.4. The Bertz CT molecular complexity index is 5520. The van der Waals surface area contributed by atoms with Gasteiger partial charge in [0.1, 0.15) is 0 Å². The highest BCUT2D eigenvalue weighted by molar-refractivity contribution is 6.34. The largest absolute Gasteiger partial charge is 0.274 e. The van der Waals surface area contributed by atoms with Crippen molar-refractivity contribution in [3.63, 3.8) is 0 Å². The zero-order chi connectivity index (χ0) is 77.3. The van der Waals surface area contributed by atoms with Crippen LogP contribution in [0.5, 0.6) is 0 Å². The second kappa shape index (κ2) is 32.3. The third kappa shape index (κ3) is 13.1. The first-order valence-corrected chi connectivity index (χ1v) is 41.0. The summed E-state index contributed by atoms with van der Waals surface area (Å²) in [7, 11) is 0. The Kier molecular flexibility index (Phi) is 21.4. The Morgan fingerprint density at radius 3 is 0.589 bits per heavy atom. The molecule has 0 atom stereocenters. The van der Waals surface area contributed by atoms with E-state index in [-0.39, 0.29) is 47.3 Å². The van der Waals surface area contributed by atoms with Gasteiger partial charge in [-0.15, -0.1) is 0 Å². The van der Waals surface area contributed by atoms with Gasteiger partial charge in [0.25, 0.3) is 47.3 Å². The topological polar surface area (TPSA) is 150 Å². The van der Waals surface area contributed by atoms with Crippen LogP contribution in [0.4, 0.5) is 0 Å². The molecule has 12 nitrogen and oxygen atoms in total. The van der Waals surface area contributed by atoms with Gasteiger partial charge in [0, 0.05) is 92.2 Å². The number of hydrogen-bond acceptors (Lipinski definition) is 8. The van der Waals surface area contributed by atoms with Gasteiger partial charge < -0.3 is 0 Å². The number of nitrogens with zero attached hydrogens (tertiary/aromatic N) is 4. The fourth-order valence-electron chi connectivity index (χ4n) is 18.3. The first-order valence-electron chi connectivity index (χ1n) is 41.0. The molecule has 0 aliphatic carbocycles. The summed E-state index contributed by atoms with van der Waals surface area (Å²) >= 11 is 0. The molecule has 4 aliphatic heterocycles. The van der Waals surface area contributed by atoms with Gasteiger partial charge in [-0.1, -0.05) is 288 Å². The summed E-state index contributed by atoms with van der Waals surface area (Å²) in [6.45, 7) is 10.4. The van der Waals surface area contributed by atoms with Crippen LogP contribution in [0.2, 0.25) is 0 Å². The molecule has 0 bridgehead atoms. The first kappa shape index (κ1) is 74.3. The molecule has 562 valence electrons. The number of unbranched alkanes of at least 4 members (excludes halogenated alkanes) is 16. The Labute approximate surface area is 654 Å². The molecule has 13 aromatic carbocycles. The number of fused-ring (bicyclic) bond motifs is 3. The standard InChI is InChI=1S/C52H48N2O4.C48H46N2O4/c1-3-5-7-9-15-31-53-49(55)41-25-17-23-37-39(27-29-43(47(37)41)51(53)57)45-33-19-11-13-21-35(33)46(36-22-14-12-20-34(36)45)40-28-30-44-48-38(40)24-18-26-42(48)50(56)54(52(44)58)32-16-10-8-6-4-2;1-3-5-7-9-13-29-49-45(51)39-21-15-19-37-35(25-27-41(43(37)39)47(49)53)33-23-24-34(32-18-12-11-17-31(32)33)36-26-28-42-44-38(36)20-16-22-40(44)46(52)50(48(42)54)30-14-10-8-6-4-2/h11-14,17-30H,3-10,15-16,31-32H2,1-2H3;11-12,15-28H,3-10,13-14,29-30H2,1-2H3. The summed E-state index contributed by atoms with van der Waals surface area (Å²) in [5.41, 5.74) is 12.4. The van der Waals surface area contributed by atoms with Gasteiger partial charge in [0.2, 0.25) is 0 Å². The summed E-state index contributed by atoms with van der Waals surface area (Å²) in [6.07, 6.45) is 20.8. The maximum atomic E-state index is 14.0. The molecule has 0 aromatic heterocycles. The minimum absolute atomic E-state index is 0.221. The molecule has 112 heavy (non-hydrogen) atoms. The van der Waals surface area contributed by atoms with E-state index >= 15 is 0 Å². The zero-order valence-corrected chi connectivity index (χ0v) is 64.7. The number of imide groups is 4. The lowest BCUT2D eigenvalue weighted by Gasteiger charge is -2.29. The normalized spacial score (nSPS) is 13.9. The van der Waals surface area contributed by atoms with Gasteiger partial charge in [0.05, 0.1) is 0 Å². The summed E-state index contributed by atoms with van der Waals surface area (Å²) in [5, 5.41) is 12.5. The van der Waals surface area contributed by atoms with E-state index in [0.717, 1.165) is 227 Å². The molecule has 4 aliphatic rings. The first-order chi connectivity index (χ1) is 54.9. The maximum absolute atomic E-state index is 14.0. The number of hydrogen-bond donors (Lipinski definition) is 0. The Balaban J connectivity index is 0.000000170. The van der Waals surface area contributed by atoms with Crippen molar-refractivity contribution >= 4 is 123 Å². The monoisotopic (exact) mass is 1480 g/mol. The highest BCUT2D eigenvalue weighted by Crippen LogP contribution is 2.50. The van der Waals surface area contributed by atoms with Gasteiger partial charge in [-0.3, -0.25) is 58.0 Å². The number of amides is 8. The van der Waals surface area contributed by atoms with Crippen LogP contribution in [0.1, 0.15) is 239 Å². The molecule has 0 N–H and O–H groups in total. The number of carbonyl (C=O) groups is 8. The molecular weight excluding hydrogens is 1390 g/mol. The minimum atomic E-state index is -0.226. The van der Waals surface area contributed by atoms with Gasteiger partial charge in [0.15, 0.2) is 0 Å². The second-order valence-corrected chi connectivity index (χ2v) is 30.8. The van der Waals surface area contributed by atoms with Crippen LogP contribution in [0.25, 0.3) is 120 Å². The molecule has 0 unspecified atom stereocenters. The third-order valence-electron chi connectivity index (χ3n) is 23.9. The van der Waals surface area contributed by atoms with Crippen molar-refractivity contribution in [2.24, 2.45) is 0 Å². The minimum Gasteiger partial charge on any atom is -0.274 e. The van der Waals surface area contributed by atoms with E-state index in [0.29, 0.717) is 92.2 Å². The van der Waals surface area contributed by atoms with Crippen LogP contribution < -0.4 is 0 Å². The van der Waals surface area contributed by atoms with E-state index in [1.165, 1.54) is 19.6 Å². The van der Waals surface area contributed by atoms with Crippen molar-refractivity contribution in [2.75, 3.05) is 26.2 Å². The van der Waals surface area contributed by atoms with E-state index < -0.39 is 0 Å². The van der Waals surface area contributed by atoms with Crippen LogP contribution >= 0.6 is 0 Å². The molecule has 8 amide bonds. The second-order valence-electron chi connectivity index (χ2n) is 30.8. The van der Waals surface area contributed by atoms with Gasteiger partial charge in [-0.2, -0.15) is 0 Å². The predicted molar refractivity (Wildman–Crippen MR) is 454 cm³/mol. The lowest BCUT2D eigenvalue weighted by atomic mass is 9.81. The number of benzene rings is 13. The van der Waals surface area contributed by atoms with Crippen molar-refractivity contribution in [1.29, 1.82) is 0 Å². The fraction of sp³-hybridized carbons (Fsp3) is 0.280. The SMILES string of the molecule is CCCCCCCN1C(=O)c2cccc3c(-c4c5ccccc5c(-c5ccc6c7c(cccc57)C(=O)N(CCCCCCC)C6=O)c5ccccc45)ccc(c23)C1=O.CCCCCCCN1C(=O)c2cccc3c(-c4ccc(-c5ccc6c7c(cccc57)C(=O)N(CCCCCCC)C6=O)c5ccccc45)ccc(c23)C1=O. The highest BCUT2D eigenvalue weighted by atomic mass is 16.2. The average molecular weight is 1480 g/mol. The quantitative estimate of drug-likeness (QED) is 0.0267. The molecule has 17 rings (SSSR count). The lowest BCUT2D eigenvalue weighted by molar-refractivity contribution is 0.0592. The van der Waals surface area contributed by atoms with Crippen LogP contribution in [-0.2, 0) is 0 Å². The molecule has 0 saturated heterocycles. The highest BCUT2D eigenvalue weighted by Gasteiger charge is 2.39. The molecule has 12 heteroatoms. The average Bonchev–Trinajstić information content (AvgIpc) is 0.716. The molecule has 4 heterocycles. The fourth-order valence-corrected chi connectivity index (χ4v) is 18.3. The summed E-state index contributed by atoms with van der Waals surface area (Å²) < 4.78 is 0. The van der Waals surface area contributed by atoms with E-state index in [2.05, 4.69) is 88.4 Å². The molecule has 13 aromatic rings. The molecular formula is C100H94N4O8. The maximum Gasteiger partial charge on any atom is 0.261 e. The van der Waals surface area contributed by atoms with E-state index in [1.807, 2.05) is 146 Å². The van der Waals surface area contributed by atoms with Gasteiger partial charge in [-0.25, -0.2) is 0 Å². The van der Waals surface area contributed by atoms with E-state index in [9.17, 15) is 38.4 Å². The zero-order valence-electron chi connectivity index (χ0n) is 64.7. The van der Waals surface area contributed by atoms with Gasteiger partial charge in [-0.05, 0) is 173 Å². The van der Waals surface area contributed by atoms with Crippen LogP contribution in [-0.4, -0.2) is 93.0 Å². The summed E-state index contributed by atoms with van der Waals surface area (Å²) in [6, 6.07) is 68.2. The lowest BCUT2D eigenvalue weighted by Crippen LogP contribution is -2.40. The molecule has 0 saturated carbocycles. The third-order valence-corrected chi connectivity index (χ3v) is 23.9. The number of rotatable bonds is 28. The van der Waals surface area contributed by atoms with Crippen LogP contribution in [0.15, 0.2) is 206 Å². The Morgan fingerprint density at radius 2 is 0.348 bits per heavy atom.